The van der Waals surface area contributed by atoms with Crippen molar-refractivity contribution in [1.82, 2.24) is 4.90 Å². The number of hydrogen-bond acceptors (Lipinski definition) is 4. The molecule has 0 amide bonds. The third-order valence-electron chi connectivity index (χ3n) is 4.74. The van der Waals surface area contributed by atoms with E-state index >= 15 is 0 Å². The molecule has 0 bridgehead atoms. The standard InChI is InChI=1S/C22H27NO3/c24-22(26-17-19-10-4-1-5-11-19)16-20(23-14-8-3-9-15-23)18-25-21-12-6-2-7-13-21/h1-2,4-7,10-13,20H,3,8-9,14-18H2. The topological polar surface area (TPSA) is 38.8 Å². The molecule has 0 saturated carbocycles. The fourth-order valence-corrected chi connectivity index (χ4v) is 3.28. The van der Waals surface area contributed by atoms with Crippen molar-refractivity contribution in [3.05, 3.63) is 66.2 Å². The van der Waals surface area contributed by atoms with Gasteiger partial charge in [0.25, 0.3) is 0 Å². The van der Waals surface area contributed by atoms with E-state index in [1.54, 1.807) is 0 Å². The van der Waals surface area contributed by atoms with Crippen LogP contribution in [0.25, 0.3) is 0 Å². The molecule has 1 fully saturated rings. The summed E-state index contributed by atoms with van der Waals surface area (Å²) >= 11 is 0. The first-order valence-electron chi connectivity index (χ1n) is 9.43. The van der Waals surface area contributed by atoms with Gasteiger partial charge in [0.05, 0.1) is 12.5 Å². The average Bonchev–Trinajstić information content (AvgIpc) is 2.72. The summed E-state index contributed by atoms with van der Waals surface area (Å²) in [5.41, 5.74) is 1.01. The highest BCUT2D eigenvalue weighted by atomic mass is 16.5. The van der Waals surface area contributed by atoms with Crippen LogP contribution in [0.15, 0.2) is 60.7 Å². The number of benzene rings is 2. The van der Waals surface area contributed by atoms with Crippen LogP contribution in [0, 0.1) is 0 Å². The van der Waals surface area contributed by atoms with Gasteiger partial charge >= 0.3 is 5.97 Å². The number of para-hydroxylation sites is 1. The molecular formula is C22H27NO3. The summed E-state index contributed by atoms with van der Waals surface area (Å²) in [4.78, 5) is 14.7. The van der Waals surface area contributed by atoms with Gasteiger partial charge in [-0.25, -0.2) is 0 Å². The summed E-state index contributed by atoms with van der Waals surface area (Å²) < 4.78 is 11.4. The molecule has 1 heterocycles. The first-order valence-corrected chi connectivity index (χ1v) is 9.43. The maximum atomic E-state index is 12.4. The maximum absolute atomic E-state index is 12.4. The largest absolute Gasteiger partial charge is 0.492 e. The van der Waals surface area contributed by atoms with E-state index in [0.29, 0.717) is 19.6 Å². The van der Waals surface area contributed by atoms with Crippen LogP contribution in [0.1, 0.15) is 31.2 Å². The van der Waals surface area contributed by atoms with Crippen molar-refractivity contribution >= 4 is 5.97 Å². The van der Waals surface area contributed by atoms with Crippen molar-refractivity contribution in [1.29, 1.82) is 0 Å². The van der Waals surface area contributed by atoms with E-state index in [2.05, 4.69) is 4.90 Å². The Morgan fingerprint density at radius 2 is 1.58 bits per heavy atom. The predicted molar refractivity (Wildman–Crippen MR) is 102 cm³/mol. The summed E-state index contributed by atoms with van der Waals surface area (Å²) in [5, 5.41) is 0. The van der Waals surface area contributed by atoms with E-state index in [4.69, 9.17) is 9.47 Å². The van der Waals surface area contributed by atoms with Gasteiger partial charge in [0.1, 0.15) is 19.0 Å². The zero-order chi connectivity index (χ0) is 18.0. The molecule has 2 aromatic carbocycles. The Kier molecular flexibility index (Phi) is 7.08. The van der Waals surface area contributed by atoms with Gasteiger partial charge in [0.2, 0.25) is 0 Å². The zero-order valence-electron chi connectivity index (χ0n) is 15.2. The SMILES string of the molecule is O=C(CC(COc1ccccc1)N1CCCCC1)OCc1ccccc1. The molecule has 2 aromatic rings. The summed E-state index contributed by atoms with van der Waals surface area (Å²) in [6.07, 6.45) is 3.99. The van der Waals surface area contributed by atoms with E-state index in [-0.39, 0.29) is 12.0 Å². The van der Waals surface area contributed by atoms with E-state index in [9.17, 15) is 4.79 Å². The minimum atomic E-state index is -0.166. The zero-order valence-corrected chi connectivity index (χ0v) is 15.2. The lowest BCUT2D eigenvalue weighted by Crippen LogP contribution is -2.44. The van der Waals surface area contributed by atoms with Crippen LogP contribution in [0.5, 0.6) is 5.75 Å². The van der Waals surface area contributed by atoms with Crippen molar-refractivity contribution in [2.45, 2.75) is 38.3 Å². The number of nitrogens with zero attached hydrogens (tertiary/aromatic N) is 1. The van der Waals surface area contributed by atoms with Gasteiger partial charge in [-0.05, 0) is 43.6 Å². The monoisotopic (exact) mass is 353 g/mol. The van der Waals surface area contributed by atoms with Crippen LogP contribution in [-0.4, -0.2) is 36.6 Å². The highest BCUT2D eigenvalue weighted by molar-refractivity contribution is 5.70. The molecule has 1 aliphatic heterocycles. The second kappa shape index (κ2) is 9.97. The number of esters is 1. The van der Waals surface area contributed by atoms with Crippen molar-refractivity contribution < 1.29 is 14.3 Å². The van der Waals surface area contributed by atoms with Crippen molar-refractivity contribution in [3.63, 3.8) is 0 Å². The molecule has 0 aromatic heterocycles. The number of carbonyl (C=O) groups excluding carboxylic acids is 1. The van der Waals surface area contributed by atoms with Gasteiger partial charge in [-0.1, -0.05) is 55.0 Å². The molecular weight excluding hydrogens is 326 g/mol. The minimum Gasteiger partial charge on any atom is -0.492 e. The van der Waals surface area contributed by atoms with E-state index in [1.807, 2.05) is 60.7 Å². The lowest BCUT2D eigenvalue weighted by molar-refractivity contribution is -0.146. The summed E-state index contributed by atoms with van der Waals surface area (Å²) in [6.45, 7) is 2.87. The fourth-order valence-electron chi connectivity index (χ4n) is 3.28. The van der Waals surface area contributed by atoms with Crippen LogP contribution < -0.4 is 4.74 Å². The van der Waals surface area contributed by atoms with E-state index < -0.39 is 0 Å². The Balaban J connectivity index is 1.54. The molecule has 1 atom stereocenters. The quantitative estimate of drug-likeness (QED) is 0.671. The number of ether oxygens (including phenoxy) is 2. The summed E-state index contributed by atoms with van der Waals surface area (Å²) in [7, 11) is 0. The normalized spacial score (nSPS) is 16.0. The highest BCUT2D eigenvalue weighted by Crippen LogP contribution is 2.17. The third kappa shape index (κ3) is 5.88. The lowest BCUT2D eigenvalue weighted by atomic mass is 10.1. The van der Waals surface area contributed by atoms with E-state index in [1.165, 1.54) is 19.3 Å². The molecule has 1 saturated heterocycles. The summed E-state index contributed by atoms with van der Waals surface area (Å²) in [6, 6.07) is 19.6. The molecule has 3 rings (SSSR count). The smallest absolute Gasteiger partial charge is 0.307 e. The van der Waals surface area contributed by atoms with Crippen LogP contribution in [0.3, 0.4) is 0 Å². The Bertz CT molecular complexity index is 654. The Morgan fingerprint density at radius 3 is 2.27 bits per heavy atom. The van der Waals surface area contributed by atoms with Gasteiger partial charge in [-0.2, -0.15) is 0 Å². The Hall–Kier alpha value is -2.33. The molecule has 138 valence electrons. The van der Waals surface area contributed by atoms with Gasteiger partial charge in [-0.15, -0.1) is 0 Å². The molecule has 26 heavy (non-hydrogen) atoms. The van der Waals surface area contributed by atoms with Crippen LogP contribution >= 0.6 is 0 Å². The first kappa shape index (κ1) is 18.5. The van der Waals surface area contributed by atoms with Gasteiger partial charge in [0.15, 0.2) is 0 Å². The number of carbonyl (C=O) groups is 1. The number of hydrogen-bond donors (Lipinski definition) is 0. The second-order valence-corrected chi connectivity index (χ2v) is 6.72. The van der Waals surface area contributed by atoms with Gasteiger partial charge in [-0.3, -0.25) is 9.69 Å². The molecule has 0 radical (unpaired) electrons. The Labute approximate surface area is 155 Å². The fraction of sp³-hybridized carbons (Fsp3) is 0.409. The predicted octanol–water partition coefficient (Wildman–Crippen LogP) is 4.05. The Morgan fingerprint density at radius 1 is 0.923 bits per heavy atom. The average molecular weight is 353 g/mol. The van der Waals surface area contributed by atoms with Crippen LogP contribution in [0.2, 0.25) is 0 Å². The van der Waals surface area contributed by atoms with Crippen LogP contribution in [-0.2, 0) is 16.1 Å². The maximum Gasteiger partial charge on any atom is 0.307 e. The molecule has 4 heteroatoms. The van der Waals surface area contributed by atoms with Crippen LogP contribution in [0.4, 0.5) is 0 Å². The molecule has 1 aliphatic rings. The van der Waals surface area contributed by atoms with Gasteiger partial charge in [0, 0.05) is 0 Å². The number of likely N-dealkylation sites (tertiary alicyclic amines) is 1. The molecule has 0 spiro atoms. The van der Waals surface area contributed by atoms with Crippen molar-refractivity contribution in [2.24, 2.45) is 0 Å². The highest BCUT2D eigenvalue weighted by Gasteiger charge is 2.24. The summed E-state index contributed by atoms with van der Waals surface area (Å²) in [5.74, 6) is 0.674. The van der Waals surface area contributed by atoms with E-state index in [0.717, 1.165) is 24.4 Å². The molecule has 0 N–H and O–H groups in total. The second-order valence-electron chi connectivity index (χ2n) is 6.72. The van der Waals surface area contributed by atoms with Crippen molar-refractivity contribution in [2.75, 3.05) is 19.7 Å². The molecule has 4 nitrogen and oxygen atoms in total. The number of piperidine rings is 1. The molecule has 1 unspecified atom stereocenters. The lowest BCUT2D eigenvalue weighted by Gasteiger charge is -2.33. The van der Waals surface area contributed by atoms with Crippen molar-refractivity contribution in [3.8, 4) is 5.75 Å². The first-order chi connectivity index (χ1) is 12.8. The minimum absolute atomic E-state index is 0.0544. The third-order valence-corrected chi connectivity index (χ3v) is 4.74. The van der Waals surface area contributed by atoms with Gasteiger partial charge < -0.3 is 9.47 Å². The molecule has 0 aliphatic carbocycles. The number of rotatable bonds is 8.